The van der Waals surface area contributed by atoms with Crippen LogP contribution in [-0.2, 0) is 39.6 Å². The first kappa shape index (κ1) is 56.0. The smallest absolute Gasteiger partial charge is 0.450 e. The zero-order valence-corrected chi connectivity index (χ0v) is 43.4. The molecule has 0 aromatic heterocycles. The zero-order chi connectivity index (χ0) is 54.9. The number of aryl methyl sites for hydroxylation is 5. The van der Waals surface area contributed by atoms with Crippen LogP contribution in [0, 0.1) is 34.6 Å². The number of sulfonamides is 2. The molecule has 23 heteroatoms. The van der Waals surface area contributed by atoms with E-state index in [-0.39, 0.29) is 40.0 Å². The number of nitrogens with zero attached hydrogens (tertiary/aromatic N) is 1. The molecule has 398 valence electrons. The lowest BCUT2D eigenvalue weighted by atomic mass is 9.93. The number of halogens is 6. The van der Waals surface area contributed by atoms with Crippen molar-refractivity contribution in [3.63, 3.8) is 0 Å². The quantitative estimate of drug-likeness (QED) is 0.0300. The van der Waals surface area contributed by atoms with Crippen molar-refractivity contribution in [2.75, 3.05) is 38.9 Å². The Bertz CT molecular complexity index is 3660. The van der Waals surface area contributed by atoms with E-state index in [9.17, 15) is 25.3 Å². The molecule has 0 fully saturated rings. The molecule has 14 nitrogen and oxygen atoms in total. The van der Waals surface area contributed by atoms with Crippen LogP contribution in [0.15, 0.2) is 130 Å². The van der Waals surface area contributed by atoms with Crippen LogP contribution in [0.2, 0.25) is 0 Å². The molecule has 2 aliphatic rings. The van der Waals surface area contributed by atoms with Crippen LogP contribution in [0.4, 0.5) is 43.4 Å². The Morgan fingerprint density at radius 1 is 0.680 bits per heavy atom. The van der Waals surface area contributed by atoms with Gasteiger partial charge in [-0.05, 0) is 117 Å². The Morgan fingerprint density at radius 3 is 1.96 bits per heavy atom. The van der Waals surface area contributed by atoms with Crippen LogP contribution >= 0.6 is 0 Å². The minimum atomic E-state index is -7.52. The molecular weight excluding hydrogens is 1050 g/mol. The summed E-state index contributed by atoms with van der Waals surface area (Å²) in [6.45, 7) is 14.3. The van der Waals surface area contributed by atoms with Gasteiger partial charge in [0.1, 0.15) is 29.4 Å². The molecule has 0 radical (unpaired) electrons. The second-order valence-electron chi connectivity index (χ2n) is 17.2. The molecular formula is C52H49F6N3O11S3. The van der Waals surface area contributed by atoms with Crippen molar-refractivity contribution >= 4 is 64.3 Å². The van der Waals surface area contributed by atoms with Gasteiger partial charge in [-0.1, -0.05) is 64.8 Å². The summed E-state index contributed by atoms with van der Waals surface area (Å²) in [7, 11) is -19.1. The van der Waals surface area contributed by atoms with E-state index < -0.39 is 62.8 Å². The lowest BCUT2D eigenvalue weighted by molar-refractivity contribution is -0.245. The molecule has 2 N–H and O–H groups in total. The molecule has 0 spiro atoms. The standard InChI is InChI=1S/C52H49F6N3O11S3/c1-8-36-13-17-39(18-14-36)72-75(66,67)52(57,58)50(53,54)51(55,56)74(64,65)61-73(62,63)46-12-10-9-11-43(46)47-41-19-15-37(59-48-32(3)25-31(2)26-33(48)4)29-44(41)71-45-30-38(16-20-42(45)47)60-49-34(5)27-40(28-35(49)6)70-24-23-69-22-21-68-7/h8-20,25-30,60-61H,1,21-24H2,2-7H3. The number of fused-ring (bicyclic) bond motifs is 2. The number of alkyl halides is 6. The highest BCUT2D eigenvalue weighted by Gasteiger charge is 2.83. The molecule has 75 heavy (non-hydrogen) atoms. The number of benzene rings is 6. The molecule has 1 aliphatic carbocycles. The van der Waals surface area contributed by atoms with Crippen LogP contribution in [0.25, 0.3) is 39.5 Å². The number of ether oxygens (including phenoxy) is 3. The summed E-state index contributed by atoms with van der Waals surface area (Å²) in [5.41, 5.74) is 6.23. The Balaban J connectivity index is 1.31. The van der Waals surface area contributed by atoms with E-state index in [1.807, 2.05) is 58.9 Å². The minimum absolute atomic E-state index is 0.00142. The van der Waals surface area contributed by atoms with Crippen LogP contribution in [-0.4, -0.2) is 75.2 Å². The third-order valence-electron chi connectivity index (χ3n) is 11.7. The fraction of sp³-hybridized carbons (Fsp3) is 0.250. The molecule has 0 atom stereocenters. The summed E-state index contributed by atoms with van der Waals surface area (Å²) in [5.74, 6) is -7.74. The molecule has 0 unspecified atom stereocenters. The molecule has 1 aliphatic heterocycles. The summed E-state index contributed by atoms with van der Waals surface area (Å²) in [6, 6.07) is 24.7. The predicted octanol–water partition coefficient (Wildman–Crippen LogP) is 11.2. The van der Waals surface area contributed by atoms with Gasteiger partial charge in [0, 0.05) is 52.7 Å². The first-order chi connectivity index (χ1) is 35.1. The van der Waals surface area contributed by atoms with Gasteiger partial charge in [0.2, 0.25) is 0 Å². The van der Waals surface area contributed by atoms with E-state index in [1.54, 1.807) is 31.4 Å². The van der Waals surface area contributed by atoms with Crippen molar-refractivity contribution in [1.29, 1.82) is 0 Å². The molecule has 7 rings (SSSR count). The summed E-state index contributed by atoms with van der Waals surface area (Å²) in [5, 5.41) is -10.2. The summed E-state index contributed by atoms with van der Waals surface area (Å²) in [6.07, 6.45) is 1.23. The largest absolute Gasteiger partial charge is 0.491 e. The van der Waals surface area contributed by atoms with E-state index in [4.69, 9.17) is 23.6 Å². The van der Waals surface area contributed by atoms with E-state index in [0.29, 0.717) is 64.2 Å². The van der Waals surface area contributed by atoms with Crippen molar-refractivity contribution < 1.29 is 74.4 Å². The predicted molar refractivity (Wildman–Crippen MR) is 272 cm³/mol. The maximum absolute atomic E-state index is 15.6. The number of methoxy groups -OCH3 is 1. The van der Waals surface area contributed by atoms with Crippen LogP contribution in [0.5, 0.6) is 11.5 Å². The van der Waals surface area contributed by atoms with Crippen LogP contribution < -0.4 is 23.7 Å². The average molecular weight is 1100 g/mol. The van der Waals surface area contributed by atoms with Gasteiger partial charge in [0.05, 0.1) is 35.8 Å². The van der Waals surface area contributed by atoms with Gasteiger partial charge in [-0.25, -0.2) is 21.8 Å². The van der Waals surface area contributed by atoms with E-state index in [2.05, 4.69) is 16.1 Å². The number of rotatable bonds is 21. The summed E-state index contributed by atoms with van der Waals surface area (Å²) >= 11 is 0. The highest BCUT2D eigenvalue weighted by Crippen LogP contribution is 2.52. The van der Waals surface area contributed by atoms with Crippen LogP contribution in [0.1, 0.15) is 33.4 Å². The van der Waals surface area contributed by atoms with Crippen molar-refractivity contribution in [2.24, 2.45) is 4.99 Å². The van der Waals surface area contributed by atoms with Crippen molar-refractivity contribution in [3.05, 3.63) is 155 Å². The molecule has 0 saturated carbocycles. The maximum Gasteiger partial charge on any atom is 0.450 e. The molecule has 1 heterocycles. The van der Waals surface area contributed by atoms with Gasteiger partial charge in [-0.3, -0.25) is 0 Å². The Kier molecular flexibility index (Phi) is 16.0. The second kappa shape index (κ2) is 21.5. The van der Waals surface area contributed by atoms with Crippen LogP contribution in [0.3, 0.4) is 0 Å². The number of hydrogen-bond acceptors (Lipinski definition) is 13. The fourth-order valence-corrected chi connectivity index (χ4v) is 12.2. The van der Waals surface area contributed by atoms with E-state index >= 15 is 26.3 Å². The lowest BCUT2D eigenvalue weighted by Crippen LogP contribution is -2.63. The molecule has 0 saturated heterocycles. The molecule has 5 aromatic carbocycles. The van der Waals surface area contributed by atoms with Crippen molar-refractivity contribution in [1.82, 2.24) is 4.13 Å². The Labute approximate surface area is 429 Å². The fourth-order valence-electron chi connectivity index (χ4n) is 8.09. The zero-order valence-electron chi connectivity index (χ0n) is 40.9. The number of anilines is 2. The number of hydrogen-bond donors (Lipinski definition) is 2. The van der Waals surface area contributed by atoms with Gasteiger partial charge in [-0.2, -0.15) is 34.8 Å². The monoisotopic (exact) mass is 1100 g/mol. The SMILES string of the molecule is C=Cc1ccc(OS(=O)(=O)C(F)(F)C(F)(F)C(F)(F)S(=O)(=O)NS(=O)(=O)c2ccccc2-c2c3ccc(=Nc4c(C)cc(C)cc4C)cc-3oc3cc(Nc4c(C)cc(OCCOCCOC)cc4C)ccc23)cc1. The number of nitrogens with one attached hydrogen (secondary N) is 2. The molecule has 0 bridgehead atoms. The Morgan fingerprint density at radius 2 is 1.32 bits per heavy atom. The lowest BCUT2D eigenvalue weighted by Gasteiger charge is -2.31. The van der Waals surface area contributed by atoms with Gasteiger partial charge in [0.15, 0.2) is 0 Å². The van der Waals surface area contributed by atoms with Crippen molar-refractivity contribution in [3.8, 4) is 33.9 Å². The van der Waals surface area contributed by atoms with Gasteiger partial charge < -0.3 is 28.1 Å². The molecule has 0 amide bonds. The highest BCUT2D eigenvalue weighted by molar-refractivity contribution is 8.05. The first-order valence-corrected chi connectivity index (χ1v) is 26.9. The van der Waals surface area contributed by atoms with Gasteiger partial charge >= 0.3 is 26.5 Å². The highest BCUT2D eigenvalue weighted by atomic mass is 32.3. The van der Waals surface area contributed by atoms with Crippen molar-refractivity contribution in [2.45, 2.75) is 55.9 Å². The Hall–Kier alpha value is -6.76. The van der Waals surface area contributed by atoms with E-state index in [0.717, 1.165) is 58.1 Å². The summed E-state index contributed by atoms with van der Waals surface area (Å²) < 4.78 is 200. The third kappa shape index (κ3) is 11.3. The topological polar surface area (TPSA) is 189 Å². The minimum Gasteiger partial charge on any atom is -0.491 e. The van der Waals surface area contributed by atoms with Gasteiger partial charge in [-0.15, -0.1) is 0 Å². The third-order valence-corrected chi connectivity index (χ3v) is 16.6. The summed E-state index contributed by atoms with van der Waals surface area (Å²) in [4.78, 5) is 3.74. The molecule has 5 aromatic rings. The maximum atomic E-state index is 15.6. The average Bonchev–Trinajstić information content (AvgIpc) is 3.33. The second-order valence-corrected chi connectivity index (χ2v) is 22.5. The van der Waals surface area contributed by atoms with Gasteiger partial charge in [0.25, 0.3) is 20.0 Å². The normalized spacial score (nSPS) is 13.1. The first-order valence-electron chi connectivity index (χ1n) is 22.5. The van der Waals surface area contributed by atoms with E-state index in [1.165, 1.54) is 24.3 Å².